The Labute approximate surface area is 145 Å². The van der Waals surface area contributed by atoms with E-state index in [-0.39, 0.29) is 11.8 Å². The third kappa shape index (κ3) is 2.91. The molecule has 0 N–H and O–H groups in total. The number of carbonyl (C=O) groups is 2. The molecular formula is C21H17NO3. The molecule has 4 heteroatoms. The van der Waals surface area contributed by atoms with Crippen LogP contribution in [-0.4, -0.2) is 16.7 Å². The van der Waals surface area contributed by atoms with Crippen molar-refractivity contribution in [2.75, 3.05) is 0 Å². The third-order valence-electron chi connectivity index (χ3n) is 4.47. The first-order valence-electron chi connectivity index (χ1n) is 8.36. The molecule has 25 heavy (non-hydrogen) atoms. The lowest BCUT2D eigenvalue weighted by Gasteiger charge is -2.16. The van der Waals surface area contributed by atoms with Gasteiger partial charge in [0.15, 0.2) is 5.78 Å². The van der Waals surface area contributed by atoms with Gasteiger partial charge in [-0.05, 0) is 47.9 Å². The van der Waals surface area contributed by atoms with Crippen molar-refractivity contribution in [2.24, 2.45) is 0 Å². The highest BCUT2D eigenvalue weighted by Gasteiger charge is 2.20. The van der Waals surface area contributed by atoms with Gasteiger partial charge in [0.25, 0.3) is 0 Å². The maximum absolute atomic E-state index is 12.0. The van der Waals surface area contributed by atoms with Crippen molar-refractivity contribution in [1.29, 1.82) is 0 Å². The first-order valence-corrected chi connectivity index (χ1v) is 8.36. The van der Waals surface area contributed by atoms with E-state index in [0.717, 1.165) is 40.6 Å². The van der Waals surface area contributed by atoms with Gasteiger partial charge in [0.2, 0.25) is 0 Å². The van der Waals surface area contributed by atoms with Crippen LogP contribution in [-0.2, 0) is 11.2 Å². The Morgan fingerprint density at radius 2 is 1.76 bits per heavy atom. The number of rotatable bonds is 2. The molecule has 4 rings (SSSR count). The summed E-state index contributed by atoms with van der Waals surface area (Å²) in [5.41, 5.74) is 3.02. The monoisotopic (exact) mass is 331 g/mol. The summed E-state index contributed by atoms with van der Waals surface area (Å²) in [6, 6.07) is 15.4. The molecule has 1 aliphatic rings. The zero-order valence-corrected chi connectivity index (χ0v) is 13.9. The van der Waals surface area contributed by atoms with Crippen LogP contribution in [0, 0.1) is 0 Å². The lowest BCUT2D eigenvalue weighted by molar-refractivity contribution is -0.131. The fourth-order valence-corrected chi connectivity index (χ4v) is 3.31. The van der Waals surface area contributed by atoms with Crippen LogP contribution in [0.3, 0.4) is 0 Å². The normalized spacial score (nSPS) is 13.6. The number of hydrogen-bond donors (Lipinski definition) is 0. The van der Waals surface area contributed by atoms with Gasteiger partial charge >= 0.3 is 5.97 Å². The fourth-order valence-electron chi connectivity index (χ4n) is 3.31. The zero-order valence-electron chi connectivity index (χ0n) is 13.9. The molecular weight excluding hydrogens is 314 g/mol. The van der Waals surface area contributed by atoms with Gasteiger partial charge in [-0.2, -0.15) is 0 Å². The van der Waals surface area contributed by atoms with Gasteiger partial charge in [0.1, 0.15) is 5.75 Å². The van der Waals surface area contributed by atoms with Gasteiger partial charge < -0.3 is 4.74 Å². The number of pyridine rings is 1. The summed E-state index contributed by atoms with van der Waals surface area (Å²) in [7, 11) is 0. The highest BCUT2D eigenvalue weighted by atomic mass is 16.5. The van der Waals surface area contributed by atoms with Crippen LogP contribution in [0.1, 0.15) is 35.8 Å². The van der Waals surface area contributed by atoms with Gasteiger partial charge in [-0.25, -0.2) is 0 Å². The van der Waals surface area contributed by atoms with Crippen LogP contribution < -0.4 is 4.74 Å². The minimum Gasteiger partial charge on any atom is -0.426 e. The Morgan fingerprint density at radius 1 is 1.00 bits per heavy atom. The molecule has 3 aromatic rings. The Hall–Kier alpha value is -3.01. The highest BCUT2D eigenvalue weighted by molar-refractivity contribution is 5.98. The number of nitrogens with zero attached hydrogens (tertiary/aromatic N) is 1. The molecule has 1 aromatic heterocycles. The van der Waals surface area contributed by atoms with E-state index < -0.39 is 0 Å². The molecule has 0 atom stereocenters. The number of carbonyl (C=O) groups excluding carboxylic acids is 2. The van der Waals surface area contributed by atoms with Gasteiger partial charge in [0.05, 0.1) is 11.4 Å². The SMILES string of the molecule is CC(=O)Oc1cc2ccccc2cc1-c1ccc2c(n1)CCCC2=O. The summed E-state index contributed by atoms with van der Waals surface area (Å²) in [6.45, 7) is 1.39. The summed E-state index contributed by atoms with van der Waals surface area (Å²) >= 11 is 0. The Kier molecular flexibility index (Phi) is 3.80. The average molecular weight is 331 g/mol. The minimum absolute atomic E-state index is 0.152. The fraction of sp³-hybridized carbons (Fsp3) is 0.190. The molecule has 1 heterocycles. The van der Waals surface area contributed by atoms with Gasteiger partial charge in [-0.1, -0.05) is 24.3 Å². The summed E-state index contributed by atoms with van der Waals surface area (Å²) in [4.78, 5) is 28.2. The van der Waals surface area contributed by atoms with Crippen molar-refractivity contribution in [2.45, 2.75) is 26.2 Å². The second-order valence-electron chi connectivity index (χ2n) is 6.26. The van der Waals surface area contributed by atoms with Crippen LogP contribution in [0.4, 0.5) is 0 Å². The summed E-state index contributed by atoms with van der Waals surface area (Å²) in [5, 5.41) is 2.04. The topological polar surface area (TPSA) is 56.3 Å². The van der Waals surface area contributed by atoms with E-state index in [1.54, 1.807) is 0 Å². The number of benzene rings is 2. The van der Waals surface area contributed by atoms with E-state index in [4.69, 9.17) is 9.72 Å². The second-order valence-corrected chi connectivity index (χ2v) is 6.26. The third-order valence-corrected chi connectivity index (χ3v) is 4.47. The molecule has 0 bridgehead atoms. The number of aryl methyl sites for hydroxylation is 1. The van der Waals surface area contributed by atoms with Crippen LogP contribution in [0.2, 0.25) is 0 Å². The highest BCUT2D eigenvalue weighted by Crippen LogP contribution is 2.34. The minimum atomic E-state index is -0.371. The van der Waals surface area contributed by atoms with E-state index in [9.17, 15) is 9.59 Å². The first kappa shape index (κ1) is 15.5. The standard InChI is InChI=1S/C21H17NO3/c1-13(23)25-21-12-15-6-3-2-5-14(15)11-17(21)19-10-9-16-18(22-19)7-4-8-20(16)24/h2-3,5-6,9-12H,4,7-8H2,1H3. The number of ether oxygens (including phenoxy) is 1. The molecule has 4 nitrogen and oxygen atoms in total. The molecule has 0 unspecified atom stereocenters. The van der Waals surface area contributed by atoms with Crippen molar-refractivity contribution in [3.63, 3.8) is 0 Å². The number of fused-ring (bicyclic) bond motifs is 2. The van der Waals surface area contributed by atoms with Crippen molar-refractivity contribution >= 4 is 22.5 Å². The Morgan fingerprint density at radius 3 is 2.52 bits per heavy atom. The lowest BCUT2D eigenvalue weighted by Crippen LogP contribution is -2.13. The summed E-state index contributed by atoms with van der Waals surface area (Å²) in [5.74, 6) is 0.268. The molecule has 0 amide bonds. The molecule has 0 spiro atoms. The average Bonchev–Trinajstić information content (AvgIpc) is 2.60. The number of ketones is 1. The summed E-state index contributed by atoms with van der Waals surface area (Å²) < 4.78 is 5.43. The maximum atomic E-state index is 12.0. The van der Waals surface area contributed by atoms with Gasteiger partial charge in [-0.3, -0.25) is 14.6 Å². The zero-order chi connectivity index (χ0) is 17.4. The van der Waals surface area contributed by atoms with E-state index in [1.165, 1.54) is 6.92 Å². The van der Waals surface area contributed by atoms with Crippen molar-refractivity contribution < 1.29 is 14.3 Å². The molecule has 0 radical (unpaired) electrons. The van der Waals surface area contributed by atoms with Crippen molar-refractivity contribution in [3.8, 4) is 17.0 Å². The second kappa shape index (κ2) is 6.13. The maximum Gasteiger partial charge on any atom is 0.308 e. The van der Waals surface area contributed by atoms with Gasteiger partial charge in [-0.15, -0.1) is 0 Å². The molecule has 0 saturated heterocycles. The number of esters is 1. The lowest BCUT2D eigenvalue weighted by atomic mass is 9.93. The van der Waals surface area contributed by atoms with Crippen LogP contribution >= 0.6 is 0 Å². The van der Waals surface area contributed by atoms with E-state index in [0.29, 0.717) is 17.7 Å². The van der Waals surface area contributed by atoms with Crippen molar-refractivity contribution in [3.05, 3.63) is 59.8 Å². The van der Waals surface area contributed by atoms with Crippen LogP contribution in [0.15, 0.2) is 48.5 Å². The predicted octanol–water partition coefficient (Wildman–Crippen LogP) is 4.35. The van der Waals surface area contributed by atoms with Gasteiger partial charge in [0, 0.05) is 24.5 Å². The van der Waals surface area contributed by atoms with E-state index in [1.807, 2.05) is 48.5 Å². The van der Waals surface area contributed by atoms with E-state index in [2.05, 4.69) is 0 Å². The molecule has 0 fully saturated rings. The molecule has 124 valence electrons. The smallest absolute Gasteiger partial charge is 0.308 e. The van der Waals surface area contributed by atoms with Crippen molar-refractivity contribution in [1.82, 2.24) is 4.98 Å². The quantitative estimate of drug-likeness (QED) is 0.517. The van der Waals surface area contributed by atoms with Crippen LogP contribution in [0.25, 0.3) is 22.0 Å². The molecule has 0 aliphatic heterocycles. The Bertz CT molecular complexity index is 1010. The molecule has 2 aromatic carbocycles. The summed E-state index contributed by atoms with van der Waals surface area (Å²) in [6.07, 6.45) is 2.21. The first-order chi connectivity index (χ1) is 12.1. The number of hydrogen-bond acceptors (Lipinski definition) is 4. The predicted molar refractivity (Wildman–Crippen MR) is 95.8 cm³/mol. The number of aromatic nitrogens is 1. The number of Topliss-reactive ketones (excluding diaryl/α,β-unsaturated/α-hetero) is 1. The van der Waals surface area contributed by atoms with E-state index >= 15 is 0 Å². The molecule has 0 saturated carbocycles. The molecule has 1 aliphatic carbocycles. The van der Waals surface area contributed by atoms with Crippen LogP contribution in [0.5, 0.6) is 5.75 Å². The Balaban J connectivity index is 1.90. The largest absolute Gasteiger partial charge is 0.426 e.